The van der Waals surface area contributed by atoms with Gasteiger partial charge in [-0.3, -0.25) is 4.79 Å². The summed E-state index contributed by atoms with van der Waals surface area (Å²) >= 11 is 0. The van der Waals surface area contributed by atoms with Gasteiger partial charge in [0.25, 0.3) is 0 Å². The fourth-order valence-electron chi connectivity index (χ4n) is 1.03. The highest BCUT2D eigenvalue weighted by Gasteiger charge is 2.14. The number of hydrogen-bond acceptors (Lipinski definition) is 2. The van der Waals surface area contributed by atoms with Crippen molar-refractivity contribution in [2.24, 2.45) is 0 Å². The summed E-state index contributed by atoms with van der Waals surface area (Å²) in [7, 11) is 0. The molecule has 0 atom stereocenters. The highest BCUT2D eigenvalue weighted by molar-refractivity contribution is 5.96. The number of Topliss-reactive ketones (excluding diaryl/α,β-unsaturated/α-hetero) is 1. The van der Waals surface area contributed by atoms with Crippen molar-refractivity contribution in [1.82, 2.24) is 0 Å². The van der Waals surface area contributed by atoms with Crippen LogP contribution in [0.1, 0.15) is 23.2 Å². The lowest BCUT2D eigenvalue weighted by molar-refractivity contribution is 0.0983. The van der Waals surface area contributed by atoms with Crippen molar-refractivity contribution < 1.29 is 18.0 Å². The van der Waals surface area contributed by atoms with Crippen molar-refractivity contribution in [2.45, 2.75) is 12.8 Å². The van der Waals surface area contributed by atoms with Gasteiger partial charge < -0.3 is 0 Å². The van der Waals surface area contributed by atoms with E-state index >= 15 is 0 Å². The van der Waals surface area contributed by atoms with Crippen molar-refractivity contribution in [3.63, 3.8) is 0 Å². The summed E-state index contributed by atoms with van der Waals surface area (Å²) in [5.74, 6) is -5.01. The van der Waals surface area contributed by atoms with E-state index in [1.807, 2.05) is 0 Å². The Labute approximate surface area is 83.9 Å². The van der Waals surface area contributed by atoms with Crippen LogP contribution in [-0.2, 0) is 0 Å². The van der Waals surface area contributed by atoms with Crippen molar-refractivity contribution in [2.75, 3.05) is 0 Å². The first-order valence-electron chi connectivity index (χ1n) is 4.11. The Morgan fingerprint density at radius 1 is 1.27 bits per heavy atom. The summed E-state index contributed by atoms with van der Waals surface area (Å²) in [5, 5.41) is 8.20. The monoisotopic (exact) mass is 213 g/mol. The molecule has 15 heavy (non-hydrogen) atoms. The van der Waals surface area contributed by atoms with Gasteiger partial charge in [0.05, 0.1) is 6.07 Å². The number of nitrogens with zero attached hydrogens (tertiary/aromatic N) is 1. The van der Waals surface area contributed by atoms with Gasteiger partial charge in [0.2, 0.25) is 0 Å². The SMILES string of the molecule is N#CCCC(=O)c1cc(F)c(F)c(F)c1. The van der Waals surface area contributed by atoms with E-state index in [0.29, 0.717) is 12.1 Å². The van der Waals surface area contributed by atoms with Crippen molar-refractivity contribution in [3.8, 4) is 6.07 Å². The summed E-state index contributed by atoms with van der Waals surface area (Å²) < 4.78 is 37.9. The van der Waals surface area contributed by atoms with E-state index in [4.69, 9.17) is 5.26 Å². The number of carbonyl (C=O) groups excluding carboxylic acids is 1. The van der Waals surface area contributed by atoms with E-state index in [9.17, 15) is 18.0 Å². The van der Waals surface area contributed by atoms with Crippen molar-refractivity contribution in [1.29, 1.82) is 5.26 Å². The predicted molar refractivity (Wildman–Crippen MR) is 45.5 cm³/mol. The number of hydrogen-bond donors (Lipinski definition) is 0. The highest BCUT2D eigenvalue weighted by Crippen LogP contribution is 2.15. The van der Waals surface area contributed by atoms with Gasteiger partial charge in [-0.1, -0.05) is 0 Å². The molecular weight excluding hydrogens is 207 g/mol. The molecule has 0 spiro atoms. The molecule has 0 aromatic heterocycles. The third kappa shape index (κ3) is 2.56. The van der Waals surface area contributed by atoms with Crippen LogP contribution in [0.2, 0.25) is 0 Å². The van der Waals surface area contributed by atoms with E-state index in [0.717, 1.165) is 0 Å². The Morgan fingerprint density at radius 2 is 1.80 bits per heavy atom. The average Bonchev–Trinajstić information content (AvgIpc) is 2.21. The molecule has 0 unspecified atom stereocenters. The smallest absolute Gasteiger partial charge is 0.194 e. The third-order valence-electron chi connectivity index (χ3n) is 1.77. The summed E-state index contributed by atoms with van der Waals surface area (Å²) in [6.45, 7) is 0. The Hall–Kier alpha value is -1.83. The van der Waals surface area contributed by atoms with Crippen molar-refractivity contribution >= 4 is 5.78 Å². The van der Waals surface area contributed by atoms with Gasteiger partial charge in [-0.15, -0.1) is 0 Å². The maximum Gasteiger partial charge on any atom is 0.194 e. The lowest BCUT2D eigenvalue weighted by Crippen LogP contribution is -2.02. The number of rotatable bonds is 3. The Morgan fingerprint density at radius 3 is 2.27 bits per heavy atom. The zero-order valence-electron chi connectivity index (χ0n) is 7.56. The second-order valence-corrected chi connectivity index (χ2v) is 2.84. The van der Waals surface area contributed by atoms with Gasteiger partial charge in [-0.2, -0.15) is 5.26 Å². The highest BCUT2D eigenvalue weighted by atomic mass is 19.2. The van der Waals surface area contributed by atoms with Crippen LogP contribution in [0.3, 0.4) is 0 Å². The molecule has 0 radical (unpaired) electrons. The maximum atomic E-state index is 12.7. The maximum absolute atomic E-state index is 12.7. The van der Waals surface area contributed by atoms with E-state index in [1.165, 1.54) is 0 Å². The first-order valence-corrected chi connectivity index (χ1v) is 4.11. The molecule has 0 aliphatic rings. The molecule has 0 bridgehead atoms. The predicted octanol–water partition coefficient (Wildman–Crippen LogP) is 2.59. The fraction of sp³-hybridized carbons (Fsp3) is 0.200. The second kappa shape index (κ2) is 4.60. The molecule has 1 aromatic rings. The molecule has 0 amide bonds. The molecule has 0 aliphatic carbocycles. The van der Waals surface area contributed by atoms with Crippen LogP contribution >= 0.6 is 0 Å². The fourth-order valence-corrected chi connectivity index (χ4v) is 1.03. The molecule has 78 valence electrons. The Balaban J connectivity index is 2.97. The number of halogens is 3. The minimum atomic E-state index is -1.60. The van der Waals surface area contributed by atoms with Gasteiger partial charge in [-0.25, -0.2) is 13.2 Å². The quantitative estimate of drug-likeness (QED) is 0.572. The molecule has 0 aliphatic heterocycles. The first-order chi connectivity index (χ1) is 7.06. The van der Waals surface area contributed by atoms with Crippen LogP contribution in [-0.4, -0.2) is 5.78 Å². The van der Waals surface area contributed by atoms with Crippen LogP contribution in [0.4, 0.5) is 13.2 Å². The van der Waals surface area contributed by atoms with Crippen LogP contribution < -0.4 is 0 Å². The standard InChI is InChI=1S/C10H6F3NO/c11-7-4-6(5-8(12)10(7)13)9(15)2-1-3-14/h4-5H,1-2H2. The number of nitriles is 1. The Kier molecular flexibility index (Phi) is 3.45. The number of ketones is 1. The first kappa shape index (κ1) is 11.2. The molecule has 0 saturated heterocycles. The van der Waals surface area contributed by atoms with Gasteiger partial charge in [0.15, 0.2) is 23.2 Å². The largest absolute Gasteiger partial charge is 0.294 e. The van der Waals surface area contributed by atoms with E-state index < -0.39 is 23.2 Å². The summed E-state index contributed by atoms with van der Waals surface area (Å²) in [6.07, 6.45) is -0.180. The van der Waals surface area contributed by atoms with Crippen molar-refractivity contribution in [3.05, 3.63) is 35.1 Å². The van der Waals surface area contributed by atoms with Crippen LogP contribution in [0.15, 0.2) is 12.1 Å². The minimum absolute atomic E-state index is 0.0422. The van der Waals surface area contributed by atoms with Gasteiger partial charge in [0.1, 0.15) is 0 Å². The Bertz CT molecular complexity index is 414. The van der Waals surface area contributed by atoms with Gasteiger partial charge >= 0.3 is 0 Å². The molecule has 5 heteroatoms. The van der Waals surface area contributed by atoms with Gasteiger partial charge in [0, 0.05) is 18.4 Å². The second-order valence-electron chi connectivity index (χ2n) is 2.84. The molecular formula is C10H6F3NO. The van der Waals surface area contributed by atoms with E-state index in [-0.39, 0.29) is 18.4 Å². The molecule has 0 N–H and O–H groups in total. The summed E-state index contributed by atoms with van der Waals surface area (Å²) in [6, 6.07) is 2.97. The molecule has 2 nitrogen and oxygen atoms in total. The van der Waals surface area contributed by atoms with Gasteiger partial charge in [-0.05, 0) is 12.1 Å². The summed E-state index contributed by atoms with van der Waals surface area (Å²) in [4.78, 5) is 11.2. The topological polar surface area (TPSA) is 40.9 Å². The third-order valence-corrected chi connectivity index (χ3v) is 1.77. The normalized spacial score (nSPS) is 9.73. The van der Waals surface area contributed by atoms with E-state index in [1.54, 1.807) is 6.07 Å². The zero-order chi connectivity index (χ0) is 11.4. The number of benzene rings is 1. The molecule has 0 heterocycles. The average molecular weight is 213 g/mol. The molecule has 0 fully saturated rings. The van der Waals surface area contributed by atoms with Crippen LogP contribution in [0, 0.1) is 28.8 Å². The van der Waals surface area contributed by atoms with Crippen LogP contribution in [0.25, 0.3) is 0 Å². The zero-order valence-corrected chi connectivity index (χ0v) is 7.56. The molecule has 1 rings (SSSR count). The molecule has 0 saturated carbocycles. The lowest BCUT2D eigenvalue weighted by atomic mass is 10.1. The van der Waals surface area contributed by atoms with E-state index in [2.05, 4.69) is 0 Å². The lowest BCUT2D eigenvalue weighted by Gasteiger charge is -2.00. The minimum Gasteiger partial charge on any atom is -0.294 e. The van der Waals surface area contributed by atoms with Crippen LogP contribution in [0.5, 0.6) is 0 Å². The number of carbonyl (C=O) groups is 1. The molecule has 1 aromatic carbocycles. The summed E-state index contributed by atoms with van der Waals surface area (Å²) in [5.41, 5.74) is -0.262.